The van der Waals surface area contributed by atoms with E-state index >= 15 is 0 Å². The number of hydrogen-bond acceptors (Lipinski definition) is 5. The van der Waals surface area contributed by atoms with Gasteiger partial charge >= 0.3 is 0 Å². The van der Waals surface area contributed by atoms with E-state index in [1.165, 1.54) is 5.56 Å². The van der Waals surface area contributed by atoms with Gasteiger partial charge in [0.1, 0.15) is 0 Å². The Morgan fingerprint density at radius 1 is 1.07 bits per heavy atom. The Balaban J connectivity index is 1.89. The monoisotopic (exact) mass is 391 g/mol. The molecule has 0 aliphatic carbocycles. The van der Waals surface area contributed by atoms with Gasteiger partial charge in [0.15, 0.2) is 11.0 Å². The molecule has 0 N–H and O–H groups in total. The van der Waals surface area contributed by atoms with E-state index in [4.69, 9.17) is 5.26 Å². The molecule has 6 heteroatoms. The number of aromatic nitrogens is 3. The molecule has 0 aliphatic rings. The second kappa shape index (κ2) is 9.54. The first-order chi connectivity index (χ1) is 13.6. The molecule has 5 nitrogen and oxygen atoms in total. The van der Waals surface area contributed by atoms with Crippen molar-refractivity contribution in [3.05, 3.63) is 77.1 Å². The van der Waals surface area contributed by atoms with Crippen LogP contribution in [-0.2, 0) is 12.3 Å². The molecule has 3 aromatic rings. The number of hydrogen-bond donors (Lipinski definition) is 0. The van der Waals surface area contributed by atoms with Crippen LogP contribution in [0.1, 0.15) is 41.9 Å². The first-order valence-corrected chi connectivity index (χ1v) is 10.4. The van der Waals surface area contributed by atoms with Gasteiger partial charge in [-0.25, -0.2) is 0 Å². The van der Waals surface area contributed by atoms with Gasteiger partial charge in [-0.1, -0.05) is 61.2 Å². The summed E-state index contributed by atoms with van der Waals surface area (Å²) in [5.74, 6) is 1.74. The minimum atomic E-state index is 0.215. The molecule has 3 rings (SSSR count). The maximum absolute atomic E-state index is 9.11. The highest BCUT2D eigenvalue weighted by molar-refractivity contribution is 7.98. The highest BCUT2D eigenvalue weighted by Crippen LogP contribution is 2.28. The summed E-state index contributed by atoms with van der Waals surface area (Å²) in [4.78, 5) is 2.19. The fraction of sp³-hybridized carbons (Fsp3) is 0.318. The third-order valence-corrected chi connectivity index (χ3v) is 5.70. The fourth-order valence-corrected chi connectivity index (χ4v) is 4.11. The molecule has 1 atom stereocenters. The summed E-state index contributed by atoms with van der Waals surface area (Å²) < 4.78 is 2.22. The van der Waals surface area contributed by atoms with Gasteiger partial charge in [0.2, 0.25) is 0 Å². The van der Waals surface area contributed by atoms with Gasteiger partial charge in [-0.15, -0.1) is 10.2 Å². The van der Waals surface area contributed by atoms with Gasteiger partial charge in [-0.3, -0.25) is 4.90 Å². The highest BCUT2D eigenvalue weighted by atomic mass is 32.2. The standard InChI is InChI=1S/C22H25N5S/c1-4-20(26(2)3)21-24-25-22(27(21)15-17-9-6-5-7-10-17)28-16-19-12-8-11-18(13-19)14-23/h5-13,20H,4,15-16H2,1-3H3/t20-/m1/s1. The molecule has 1 heterocycles. The van der Waals surface area contributed by atoms with Crippen LogP contribution in [0.15, 0.2) is 59.8 Å². The molecule has 0 saturated heterocycles. The molecule has 0 amide bonds. The van der Waals surface area contributed by atoms with Crippen molar-refractivity contribution >= 4 is 11.8 Å². The average molecular weight is 392 g/mol. The average Bonchev–Trinajstić information content (AvgIpc) is 3.10. The molecule has 1 aromatic heterocycles. The molecule has 28 heavy (non-hydrogen) atoms. The van der Waals surface area contributed by atoms with Gasteiger partial charge in [-0.05, 0) is 43.8 Å². The third kappa shape index (κ3) is 4.80. The minimum Gasteiger partial charge on any atom is -0.300 e. The zero-order valence-electron chi connectivity index (χ0n) is 16.5. The van der Waals surface area contributed by atoms with Gasteiger partial charge in [0, 0.05) is 5.75 Å². The summed E-state index contributed by atoms with van der Waals surface area (Å²) in [6.45, 7) is 2.92. The van der Waals surface area contributed by atoms with Crippen molar-refractivity contribution in [1.82, 2.24) is 19.7 Å². The Labute approximate surface area is 171 Å². The highest BCUT2D eigenvalue weighted by Gasteiger charge is 2.22. The van der Waals surface area contributed by atoms with Crippen molar-refractivity contribution in [3.8, 4) is 6.07 Å². The molecule has 144 valence electrons. The van der Waals surface area contributed by atoms with Crippen LogP contribution >= 0.6 is 11.8 Å². The van der Waals surface area contributed by atoms with Crippen molar-refractivity contribution in [2.24, 2.45) is 0 Å². The molecule has 0 spiro atoms. The van der Waals surface area contributed by atoms with Crippen LogP contribution in [0.5, 0.6) is 0 Å². The lowest BCUT2D eigenvalue weighted by atomic mass is 10.2. The fourth-order valence-electron chi connectivity index (χ4n) is 3.23. The Bertz CT molecular complexity index is 943. The number of nitriles is 1. The summed E-state index contributed by atoms with van der Waals surface area (Å²) in [5, 5.41) is 19.1. The second-order valence-electron chi connectivity index (χ2n) is 6.90. The lowest BCUT2D eigenvalue weighted by Gasteiger charge is -2.23. The first-order valence-electron chi connectivity index (χ1n) is 9.37. The molecule has 0 aliphatic heterocycles. The molecule has 0 bridgehead atoms. The Kier molecular flexibility index (Phi) is 6.85. The molecule has 0 fully saturated rings. The van der Waals surface area contributed by atoms with E-state index in [2.05, 4.69) is 71.0 Å². The van der Waals surface area contributed by atoms with E-state index in [1.54, 1.807) is 11.8 Å². The van der Waals surface area contributed by atoms with Crippen LogP contribution in [0.4, 0.5) is 0 Å². The second-order valence-corrected chi connectivity index (χ2v) is 7.84. The zero-order valence-corrected chi connectivity index (χ0v) is 17.4. The largest absolute Gasteiger partial charge is 0.300 e. The summed E-state index contributed by atoms with van der Waals surface area (Å²) >= 11 is 1.66. The minimum absolute atomic E-state index is 0.215. The van der Waals surface area contributed by atoms with E-state index in [0.29, 0.717) is 5.56 Å². The maximum Gasteiger partial charge on any atom is 0.191 e. The summed E-state index contributed by atoms with van der Waals surface area (Å²) in [6.07, 6.45) is 0.967. The van der Waals surface area contributed by atoms with Gasteiger partial charge in [-0.2, -0.15) is 5.26 Å². The SMILES string of the molecule is CC[C@H](c1nnc(SCc2cccc(C#N)c2)n1Cc1ccccc1)N(C)C. The predicted molar refractivity (Wildman–Crippen MR) is 113 cm³/mol. The lowest BCUT2D eigenvalue weighted by molar-refractivity contribution is 0.272. The van der Waals surface area contributed by atoms with Crippen LogP contribution in [-0.4, -0.2) is 33.8 Å². The van der Waals surface area contributed by atoms with Gasteiger partial charge < -0.3 is 4.57 Å². The maximum atomic E-state index is 9.11. The molecule has 0 radical (unpaired) electrons. The first kappa shape index (κ1) is 20.1. The Morgan fingerprint density at radius 3 is 2.50 bits per heavy atom. The Hall–Kier alpha value is -2.62. The van der Waals surface area contributed by atoms with Crippen molar-refractivity contribution in [3.63, 3.8) is 0 Å². The summed E-state index contributed by atoms with van der Waals surface area (Å²) in [7, 11) is 4.16. The molecule has 2 aromatic carbocycles. The van der Waals surface area contributed by atoms with Crippen LogP contribution in [0.3, 0.4) is 0 Å². The third-order valence-electron chi connectivity index (χ3n) is 4.66. The van der Waals surface area contributed by atoms with Crippen molar-refractivity contribution in [2.45, 2.75) is 36.8 Å². The predicted octanol–water partition coefficient (Wildman–Crippen LogP) is 4.50. The number of rotatable bonds is 8. The number of nitrogens with zero attached hydrogens (tertiary/aromatic N) is 5. The van der Waals surface area contributed by atoms with Gasteiger partial charge in [0.05, 0.1) is 24.2 Å². The quantitative estimate of drug-likeness (QED) is 0.529. The lowest BCUT2D eigenvalue weighted by Crippen LogP contribution is -2.23. The normalized spacial score (nSPS) is 12.1. The van der Waals surface area contributed by atoms with Crippen LogP contribution in [0.2, 0.25) is 0 Å². The molecular formula is C22H25N5S. The molecule has 0 unspecified atom stereocenters. The van der Waals surface area contributed by atoms with Crippen LogP contribution < -0.4 is 0 Å². The van der Waals surface area contributed by atoms with Crippen LogP contribution in [0.25, 0.3) is 0 Å². The van der Waals surface area contributed by atoms with Crippen molar-refractivity contribution in [1.29, 1.82) is 5.26 Å². The Morgan fingerprint density at radius 2 is 1.82 bits per heavy atom. The zero-order chi connectivity index (χ0) is 19.9. The van der Waals surface area contributed by atoms with Crippen LogP contribution in [0, 0.1) is 11.3 Å². The summed E-state index contributed by atoms with van der Waals surface area (Å²) in [5.41, 5.74) is 3.02. The number of thioether (sulfide) groups is 1. The van der Waals surface area contributed by atoms with Gasteiger partial charge in [0.25, 0.3) is 0 Å². The topological polar surface area (TPSA) is 57.7 Å². The number of benzene rings is 2. The van der Waals surface area contributed by atoms with Crippen molar-refractivity contribution in [2.75, 3.05) is 14.1 Å². The van der Waals surface area contributed by atoms with E-state index in [1.807, 2.05) is 30.3 Å². The smallest absolute Gasteiger partial charge is 0.191 e. The molecule has 0 saturated carbocycles. The summed E-state index contributed by atoms with van der Waals surface area (Å²) in [6, 6.07) is 20.5. The van der Waals surface area contributed by atoms with E-state index in [-0.39, 0.29) is 6.04 Å². The molecular weight excluding hydrogens is 366 g/mol. The van der Waals surface area contributed by atoms with E-state index in [0.717, 1.165) is 35.3 Å². The van der Waals surface area contributed by atoms with E-state index < -0.39 is 0 Å². The van der Waals surface area contributed by atoms with E-state index in [9.17, 15) is 0 Å². The van der Waals surface area contributed by atoms with Crippen molar-refractivity contribution < 1.29 is 0 Å².